The molecular formula is C18H25ClN2O5S. The van der Waals surface area contributed by atoms with Crippen molar-refractivity contribution in [2.75, 3.05) is 33.8 Å². The van der Waals surface area contributed by atoms with Crippen LogP contribution in [0.1, 0.15) is 30.6 Å². The van der Waals surface area contributed by atoms with Crippen molar-refractivity contribution in [2.24, 2.45) is 11.8 Å². The Morgan fingerprint density at radius 2 is 1.81 bits per heavy atom. The molecule has 1 fully saturated rings. The summed E-state index contributed by atoms with van der Waals surface area (Å²) in [5.41, 5.74) is -0.0811. The van der Waals surface area contributed by atoms with Gasteiger partial charge in [0, 0.05) is 27.2 Å². The second kappa shape index (κ2) is 8.58. The fraction of sp³-hybridized carbons (Fsp3) is 0.556. The lowest BCUT2D eigenvalue weighted by Crippen LogP contribution is -2.42. The fourth-order valence-electron chi connectivity index (χ4n) is 3.11. The average molecular weight is 417 g/mol. The van der Waals surface area contributed by atoms with Crippen molar-refractivity contribution in [2.45, 2.75) is 25.2 Å². The van der Waals surface area contributed by atoms with Gasteiger partial charge in [-0.3, -0.25) is 4.79 Å². The van der Waals surface area contributed by atoms with Gasteiger partial charge in [-0.15, -0.1) is 0 Å². The summed E-state index contributed by atoms with van der Waals surface area (Å²) in [5, 5.41) is 0.0663. The first-order chi connectivity index (χ1) is 12.5. The molecule has 1 aliphatic heterocycles. The predicted octanol–water partition coefficient (Wildman–Crippen LogP) is 2.25. The molecule has 1 aliphatic rings. The zero-order chi connectivity index (χ0) is 20.4. The number of likely N-dealkylation sites (N-methyl/N-ethyl adjacent to an activating group) is 1. The van der Waals surface area contributed by atoms with Crippen molar-refractivity contribution in [3.05, 3.63) is 28.8 Å². The molecule has 7 nitrogen and oxygen atoms in total. The number of benzene rings is 1. The molecule has 1 aromatic carbocycles. The number of piperidine rings is 1. The van der Waals surface area contributed by atoms with E-state index < -0.39 is 22.6 Å². The number of nitrogens with zero attached hydrogens (tertiary/aromatic N) is 2. The largest absolute Gasteiger partial charge is 0.452 e. The molecule has 0 N–H and O–H groups in total. The maximum atomic E-state index is 13.0. The Balaban J connectivity index is 2.25. The maximum Gasteiger partial charge on any atom is 0.340 e. The standard InChI is InChI=1S/C18H25ClN2O5S/c1-12-7-13(2)10-21(9-12)27(24,25)14-5-6-16(19)15(8-14)18(23)26-11-17(22)20(3)4/h5-6,8,12-13H,7,9-11H2,1-4H3/t12-,13-/m0/s1. The first-order valence-corrected chi connectivity index (χ1v) is 10.5. The van der Waals surface area contributed by atoms with Crippen molar-refractivity contribution < 1.29 is 22.7 Å². The SMILES string of the molecule is C[C@H]1C[C@H](C)CN(S(=O)(=O)c2ccc(Cl)c(C(=O)OCC(=O)N(C)C)c2)C1. The highest BCUT2D eigenvalue weighted by atomic mass is 35.5. The molecule has 150 valence electrons. The molecule has 1 aromatic rings. The molecule has 1 heterocycles. The van der Waals surface area contributed by atoms with E-state index in [2.05, 4.69) is 0 Å². The summed E-state index contributed by atoms with van der Waals surface area (Å²) in [6.45, 7) is 4.47. The smallest absolute Gasteiger partial charge is 0.340 e. The van der Waals surface area contributed by atoms with Gasteiger partial charge in [0.25, 0.3) is 5.91 Å². The van der Waals surface area contributed by atoms with Crippen LogP contribution in [0.4, 0.5) is 0 Å². The first kappa shape index (κ1) is 21.7. The molecular weight excluding hydrogens is 392 g/mol. The molecule has 0 aromatic heterocycles. The number of carbonyl (C=O) groups excluding carboxylic acids is 2. The zero-order valence-corrected chi connectivity index (χ0v) is 17.5. The molecule has 0 radical (unpaired) electrons. The molecule has 0 aliphatic carbocycles. The Hall–Kier alpha value is -1.64. The highest BCUT2D eigenvalue weighted by molar-refractivity contribution is 7.89. The van der Waals surface area contributed by atoms with E-state index in [-0.39, 0.29) is 33.2 Å². The van der Waals surface area contributed by atoms with Crippen LogP contribution in [0.2, 0.25) is 5.02 Å². The summed E-state index contributed by atoms with van der Waals surface area (Å²) in [4.78, 5) is 25.1. The Bertz CT molecular complexity index is 815. The Morgan fingerprint density at radius 1 is 1.22 bits per heavy atom. The van der Waals surface area contributed by atoms with Gasteiger partial charge >= 0.3 is 5.97 Å². The maximum absolute atomic E-state index is 13.0. The van der Waals surface area contributed by atoms with Crippen molar-refractivity contribution in [1.82, 2.24) is 9.21 Å². The summed E-state index contributed by atoms with van der Waals surface area (Å²) < 4.78 is 32.4. The number of hydrogen-bond donors (Lipinski definition) is 0. The van der Waals surface area contributed by atoms with Crippen LogP contribution >= 0.6 is 11.6 Å². The molecule has 2 atom stereocenters. The number of sulfonamides is 1. The zero-order valence-electron chi connectivity index (χ0n) is 15.9. The van der Waals surface area contributed by atoms with Gasteiger partial charge in [-0.25, -0.2) is 13.2 Å². The van der Waals surface area contributed by atoms with E-state index in [0.717, 1.165) is 6.42 Å². The normalized spacial score (nSPS) is 20.9. The van der Waals surface area contributed by atoms with Crippen LogP contribution in [0.15, 0.2) is 23.1 Å². The molecule has 0 spiro atoms. The van der Waals surface area contributed by atoms with Gasteiger partial charge in [-0.05, 0) is 36.5 Å². The summed E-state index contributed by atoms with van der Waals surface area (Å²) in [6, 6.07) is 3.95. The van der Waals surface area contributed by atoms with Crippen LogP contribution in [-0.2, 0) is 19.6 Å². The van der Waals surface area contributed by atoms with Crippen molar-refractivity contribution >= 4 is 33.5 Å². The second-order valence-electron chi connectivity index (χ2n) is 7.27. The van der Waals surface area contributed by atoms with Crippen molar-refractivity contribution in [3.8, 4) is 0 Å². The van der Waals surface area contributed by atoms with Gasteiger partial charge in [0.05, 0.1) is 15.5 Å². The van der Waals surface area contributed by atoms with E-state index in [4.69, 9.17) is 16.3 Å². The first-order valence-electron chi connectivity index (χ1n) is 8.69. The van der Waals surface area contributed by atoms with Gasteiger partial charge < -0.3 is 9.64 Å². The molecule has 0 saturated carbocycles. The Labute approximate surface area is 165 Å². The van der Waals surface area contributed by atoms with Gasteiger partial charge in [-0.2, -0.15) is 4.31 Å². The minimum absolute atomic E-state index is 0.0147. The van der Waals surface area contributed by atoms with Crippen LogP contribution in [0.5, 0.6) is 0 Å². The number of amides is 1. The van der Waals surface area contributed by atoms with Crippen LogP contribution in [-0.4, -0.2) is 63.3 Å². The quantitative estimate of drug-likeness (QED) is 0.687. The monoisotopic (exact) mass is 416 g/mol. The molecule has 27 heavy (non-hydrogen) atoms. The van der Waals surface area contributed by atoms with Gasteiger partial charge in [0.15, 0.2) is 6.61 Å². The Kier molecular flexibility index (Phi) is 6.88. The number of rotatable bonds is 5. The lowest BCUT2D eigenvalue weighted by Gasteiger charge is -2.34. The van der Waals surface area contributed by atoms with Crippen molar-refractivity contribution in [1.29, 1.82) is 0 Å². The van der Waals surface area contributed by atoms with E-state index in [1.165, 1.54) is 41.5 Å². The molecule has 1 saturated heterocycles. The highest BCUT2D eigenvalue weighted by Crippen LogP contribution is 2.28. The summed E-state index contributed by atoms with van der Waals surface area (Å²) in [7, 11) is -0.676. The van der Waals surface area contributed by atoms with E-state index in [0.29, 0.717) is 13.1 Å². The van der Waals surface area contributed by atoms with E-state index >= 15 is 0 Å². The van der Waals surface area contributed by atoms with E-state index in [9.17, 15) is 18.0 Å². The topological polar surface area (TPSA) is 84.0 Å². The fourth-order valence-corrected chi connectivity index (χ4v) is 5.01. The minimum Gasteiger partial charge on any atom is -0.452 e. The molecule has 0 bridgehead atoms. The third kappa shape index (κ3) is 5.21. The summed E-state index contributed by atoms with van der Waals surface area (Å²) >= 11 is 6.05. The number of ether oxygens (including phenoxy) is 1. The lowest BCUT2D eigenvalue weighted by atomic mass is 9.94. The predicted molar refractivity (Wildman–Crippen MR) is 102 cm³/mol. The third-order valence-corrected chi connectivity index (χ3v) is 6.61. The van der Waals surface area contributed by atoms with E-state index in [1.807, 2.05) is 13.8 Å². The lowest BCUT2D eigenvalue weighted by molar-refractivity contribution is -0.131. The summed E-state index contributed by atoms with van der Waals surface area (Å²) in [6.07, 6.45) is 0.976. The second-order valence-corrected chi connectivity index (χ2v) is 9.62. The van der Waals surface area contributed by atoms with Crippen LogP contribution in [0.3, 0.4) is 0 Å². The molecule has 0 unspecified atom stereocenters. The molecule has 9 heteroatoms. The van der Waals surface area contributed by atoms with Gasteiger partial charge in [-0.1, -0.05) is 25.4 Å². The highest BCUT2D eigenvalue weighted by Gasteiger charge is 2.32. The number of carbonyl (C=O) groups is 2. The third-order valence-electron chi connectivity index (χ3n) is 4.46. The Morgan fingerprint density at radius 3 is 2.37 bits per heavy atom. The number of hydrogen-bond acceptors (Lipinski definition) is 5. The molecule has 2 rings (SSSR count). The summed E-state index contributed by atoms with van der Waals surface area (Å²) in [5.74, 6) is -0.707. The number of esters is 1. The molecule has 1 amide bonds. The minimum atomic E-state index is -3.75. The van der Waals surface area contributed by atoms with Gasteiger partial charge in [0.1, 0.15) is 0 Å². The van der Waals surface area contributed by atoms with Gasteiger partial charge in [0.2, 0.25) is 10.0 Å². The van der Waals surface area contributed by atoms with Crippen LogP contribution in [0.25, 0.3) is 0 Å². The number of halogens is 1. The van der Waals surface area contributed by atoms with Crippen LogP contribution in [0, 0.1) is 11.8 Å². The average Bonchev–Trinajstić information content (AvgIpc) is 2.58. The van der Waals surface area contributed by atoms with E-state index in [1.54, 1.807) is 0 Å². The van der Waals surface area contributed by atoms with Crippen molar-refractivity contribution in [3.63, 3.8) is 0 Å². The van der Waals surface area contributed by atoms with Crippen LogP contribution < -0.4 is 0 Å².